The van der Waals surface area contributed by atoms with Gasteiger partial charge in [0, 0.05) is 22.9 Å². The van der Waals surface area contributed by atoms with Crippen LogP contribution in [0.15, 0.2) is 16.9 Å². The third-order valence-electron chi connectivity index (χ3n) is 2.03. The fourth-order valence-corrected chi connectivity index (χ4v) is 3.04. The Hall–Kier alpha value is -1.08. The average molecular weight is 255 g/mol. The van der Waals surface area contributed by atoms with E-state index in [4.69, 9.17) is 5.73 Å². The Labute approximate surface area is 102 Å². The summed E-state index contributed by atoms with van der Waals surface area (Å²) in [7, 11) is 0. The van der Waals surface area contributed by atoms with Gasteiger partial charge >= 0.3 is 0 Å². The maximum absolute atomic E-state index is 5.76. The van der Waals surface area contributed by atoms with Crippen LogP contribution in [0.2, 0.25) is 0 Å². The molecule has 0 aromatic carbocycles. The van der Waals surface area contributed by atoms with Crippen molar-refractivity contribution < 1.29 is 0 Å². The van der Waals surface area contributed by atoms with Gasteiger partial charge in [0.2, 0.25) is 5.95 Å². The number of hydrogen-bond donors (Lipinski definition) is 1. The van der Waals surface area contributed by atoms with Crippen LogP contribution in [0.3, 0.4) is 0 Å². The fourth-order valence-electron chi connectivity index (χ4n) is 1.32. The number of aromatic nitrogens is 4. The molecule has 0 amide bonds. The average Bonchev–Trinajstić information content (AvgIpc) is 2.83. The second kappa shape index (κ2) is 4.84. The molecule has 0 spiro atoms. The molecule has 0 saturated carbocycles. The summed E-state index contributed by atoms with van der Waals surface area (Å²) >= 11 is 3.28. The highest BCUT2D eigenvalue weighted by atomic mass is 32.2. The van der Waals surface area contributed by atoms with Crippen LogP contribution in [0.25, 0.3) is 0 Å². The maximum Gasteiger partial charge on any atom is 0.222 e. The Bertz CT molecular complexity index is 448. The first kappa shape index (κ1) is 11.4. The van der Waals surface area contributed by atoms with Gasteiger partial charge in [0.25, 0.3) is 0 Å². The highest BCUT2D eigenvalue weighted by Crippen LogP contribution is 2.26. The minimum atomic E-state index is 0.277. The number of hydrogen-bond acceptors (Lipinski definition) is 6. The predicted octanol–water partition coefficient (Wildman–Crippen LogP) is 2.19. The van der Waals surface area contributed by atoms with Crippen LogP contribution < -0.4 is 5.73 Å². The summed E-state index contributed by atoms with van der Waals surface area (Å²) in [5, 5.41) is 8.83. The van der Waals surface area contributed by atoms with Gasteiger partial charge in [-0.15, -0.1) is 21.5 Å². The molecule has 5 nitrogen and oxygen atoms in total. The lowest BCUT2D eigenvalue weighted by atomic mass is 10.4. The van der Waals surface area contributed by atoms with E-state index in [9.17, 15) is 0 Å². The van der Waals surface area contributed by atoms with Gasteiger partial charge in [-0.3, -0.25) is 9.55 Å². The summed E-state index contributed by atoms with van der Waals surface area (Å²) in [4.78, 5) is 5.26. The zero-order valence-electron chi connectivity index (χ0n) is 9.12. The lowest BCUT2D eigenvalue weighted by molar-refractivity contribution is 0.557. The van der Waals surface area contributed by atoms with E-state index in [-0.39, 0.29) is 6.04 Å². The van der Waals surface area contributed by atoms with Crippen LogP contribution >= 0.6 is 23.1 Å². The summed E-state index contributed by atoms with van der Waals surface area (Å²) in [6.45, 7) is 4.13. The number of thioether (sulfide) groups is 1. The Morgan fingerprint density at radius 3 is 2.94 bits per heavy atom. The van der Waals surface area contributed by atoms with Crippen molar-refractivity contribution in [2.75, 3.05) is 5.73 Å². The van der Waals surface area contributed by atoms with E-state index in [2.05, 4.69) is 29.0 Å². The van der Waals surface area contributed by atoms with Gasteiger partial charge in [-0.25, -0.2) is 0 Å². The summed E-state index contributed by atoms with van der Waals surface area (Å²) in [5.74, 6) is 1.33. The summed E-state index contributed by atoms with van der Waals surface area (Å²) < 4.78 is 1.94. The number of nitrogen functional groups attached to an aromatic ring is 1. The number of rotatable bonds is 4. The molecule has 2 heterocycles. The van der Waals surface area contributed by atoms with Crippen molar-refractivity contribution in [1.29, 1.82) is 0 Å². The number of thiazole rings is 1. The maximum atomic E-state index is 5.76. The third-order valence-corrected chi connectivity index (χ3v) is 3.99. The van der Waals surface area contributed by atoms with Gasteiger partial charge in [-0.1, -0.05) is 11.8 Å². The van der Waals surface area contributed by atoms with Crippen molar-refractivity contribution >= 4 is 29.0 Å². The highest BCUT2D eigenvalue weighted by molar-refractivity contribution is 7.98. The molecule has 0 atom stereocenters. The van der Waals surface area contributed by atoms with Crippen molar-refractivity contribution in [3.8, 4) is 0 Å². The van der Waals surface area contributed by atoms with E-state index in [0.717, 1.165) is 10.9 Å². The molecule has 0 aliphatic rings. The van der Waals surface area contributed by atoms with Crippen LogP contribution in [-0.2, 0) is 5.75 Å². The van der Waals surface area contributed by atoms with E-state index in [1.807, 2.05) is 16.3 Å². The Kier molecular flexibility index (Phi) is 3.45. The molecular formula is C9H13N5S2. The monoisotopic (exact) mass is 255 g/mol. The van der Waals surface area contributed by atoms with Crippen molar-refractivity contribution in [3.63, 3.8) is 0 Å². The molecule has 2 aromatic heterocycles. The van der Waals surface area contributed by atoms with E-state index in [1.165, 1.54) is 4.88 Å². The quantitative estimate of drug-likeness (QED) is 0.848. The van der Waals surface area contributed by atoms with E-state index in [1.54, 1.807) is 23.1 Å². The molecule has 0 radical (unpaired) electrons. The van der Waals surface area contributed by atoms with Gasteiger partial charge in [-0.05, 0) is 13.8 Å². The molecule has 86 valence electrons. The van der Waals surface area contributed by atoms with E-state index >= 15 is 0 Å². The molecule has 2 aromatic rings. The van der Waals surface area contributed by atoms with Gasteiger partial charge < -0.3 is 5.73 Å². The van der Waals surface area contributed by atoms with Crippen LogP contribution in [-0.4, -0.2) is 19.7 Å². The first-order chi connectivity index (χ1) is 7.68. The summed E-state index contributed by atoms with van der Waals surface area (Å²) in [6.07, 6.45) is 1.87. The molecule has 0 aliphatic heterocycles. The lowest BCUT2D eigenvalue weighted by Gasteiger charge is -2.10. The summed E-state index contributed by atoms with van der Waals surface area (Å²) in [5.41, 5.74) is 7.59. The predicted molar refractivity (Wildman–Crippen MR) is 66.5 cm³/mol. The Morgan fingerprint density at radius 2 is 2.31 bits per heavy atom. The van der Waals surface area contributed by atoms with Gasteiger partial charge in [0.05, 0.1) is 5.51 Å². The molecule has 16 heavy (non-hydrogen) atoms. The minimum Gasteiger partial charge on any atom is -0.368 e. The first-order valence-electron chi connectivity index (χ1n) is 4.89. The molecule has 0 unspecified atom stereocenters. The molecule has 0 bridgehead atoms. The second-order valence-electron chi connectivity index (χ2n) is 3.56. The SMILES string of the molecule is CC(C)n1c(N)nnc1SCc1cncs1. The van der Waals surface area contributed by atoms with Crippen LogP contribution in [0, 0.1) is 0 Å². The van der Waals surface area contributed by atoms with Crippen molar-refractivity contribution in [1.82, 2.24) is 19.7 Å². The second-order valence-corrected chi connectivity index (χ2v) is 5.47. The topological polar surface area (TPSA) is 69.6 Å². The minimum absolute atomic E-state index is 0.277. The fraction of sp³-hybridized carbons (Fsp3) is 0.444. The third kappa shape index (κ3) is 2.35. The van der Waals surface area contributed by atoms with Gasteiger partial charge in [0.15, 0.2) is 5.16 Å². The molecule has 0 saturated heterocycles. The van der Waals surface area contributed by atoms with Crippen molar-refractivity contribution in [2.45, 2.75) is 30.8 Å². The van der Waals surface area contributed by atoms with Crippen molar-refractivity contribution in [2.24, 2.45) is 0 Å². The Balaban J connectivity index is 2.10. The van der Waals surface area contributed by atoms with E-state index < -0.39 is 0 Å². The van der Waals surface area contributed by atoms with Crippen LogP contribution in [0.1, 0.15) is 24.8 Å². The lowest BCUT2D eigenvalue weighted by Crippen LogP contribution is -2.06. The molecule has 2 N–H and O–H groups in total. The van der Waals surface area contributed by atoms with Crippen LogP contribution in [0.5, 0.6) is 0 Å². The largest absolute Gasteiger partial charge is 0.368 e. The summed E-state index contributed by atoms with van der Waals surface area (Å²) in [6, 6.07) is 0.277. The first-order valence-corrected chi connectivity index (χ1v) is 6.75. The molecular weight excluding hydrogens is 242 g/mol. The standard InChI is InChI=1S/C9H13N5S2/c1-6(2)14-8(10)12-13-9(14)15-4-7-3-11-5-16-7/h3,5-6H,4H2,1-2H3,(H2,10,12). The molecule has 0 aliphatic carbocycles. The number of anilines is 1. The Morgan fingerprint density at radius 1 is 1.50 bits per heavy atom. The van der Waals surface area contributed by atoms with Crippen LogP contribution in [0.4, 0.5) is 5.95 Å². The zero-order valence-corrected chi connectivity index (χ0v) is 10.8. The molecule has 2 rings (SSSR count). The van der Waals surface area contributed by atoms with Crippen molar-refractivity contribution in [3.05, 3.63) is 16.6 Å². The smallest absolute Gasteiger partial charge is 0.222 e. The number of nitrogens with zero attached hydrogens (tertiary/aromatic N) is 4. The van der Waals surface area contributed by atoms with E-state index in [0.29, 0.717) is 5.95 Å². The normalized spacial score (nSPS) is 11.2. The molecule has 0 fully saturated rings. The van der Waals surface area contributed by atoms with Gasteiger partial charge in [-0.2, -0.15) is 0 Å². The number of nitrogens with two attached hydrogens (primary N) is 1. The highest BCUT2D eigenvalue weighted by Gasteiger charge is 2.12. The van der Waals surface area contributed by atoms with Gasteiger partial charge in [0.1, 0.15) is 0 Å². The molecule has 7 heteroatoms. The zero-order chi connectivity index (χ0) is 11.5.